The largest absolute Gasteiger partial charge is 0.396 e. The molecule has 0 saturated carbocycles. The van der Waals surface area contributed by atoms with E-state index in [2.05, 4.69) is 0 Å². The van der Waals surface area contributed by atoms with E-state index in [0.29, 0.717) is 19.4 Å². The average molecular weight is 207 g/mol. The van der Waals surface area contributed by atoms with Gasteiger partial charge in [-0.15, -0.1) is 0 Å². The Labute approximate surface area is 79.6 Å². The Morgan fingerprint density at radius 1 is 1.46 bits per heavy atom. The molecule has 0 spiro atoms. The molecule has 1 aliphatic rings. The molecule has 13 heavy (non-hydrogen) atoms. The Bertz CT molecular complexity index is 271. The van der Waals surface area contributed by atoms with Gasteiger partial charge in [-0.2, -0.15) is 4.31 Å². The van der Waals surface area contributed by atoms with Crippen molar-refractivity contribution in [1.29, 1.82) is 0 Å². The van der Waals surface area contributed by atoms with E-state index in [9.17, 15) is 8.42 Å². The number of aliphatic hydroxyl groups is 1. The van der Waals surface area contributed by atoms with E-state index in [-0.39, 0.29) is 12.4 Å². The minimum Gasteiger partial charge on any atom is -0.396 e. The molecule has 0 amide bonds. The lowest BCUT2D eigenvalue weighted by Gasteiger charge is -2.33. The fourth-order valence-electron chi connectivity index (χ4n) is 1.72. The number of nitrogens with zero attached hydrogens (tertiary/aromatic N) is 1. The van der Waals surface area contributed by atoms with Crippen LogP contribution in [0.1, 0.15) is 26.7 Å². The zero-order valence-electron chi connectivity index (χ0n) is 8.15. The van der Waals surface area contributed by atoms with Crippen LogP contribution in [0.25, 0.3) is 0 Å². The maximum absolute atomic E-state index is 11.5. The molecule has 0 aromatic carbocycles. The lowest BCUT2D eigenvalue weighted by Crippen LogP contribution is -2.45. The predicted octanol–water partition coefficient (Wildman–Crippen LogP) is 0.183. The summed E-state index contributed by atoms with van der Waals surface area (Å²) in [4.78, 5) is 0. The van der Waals surface area contributed by atoms with Crippen molar-refractivity contribution < 1.29 is 13.5 Å². The van der Waals surface area contributed by atoms with Gasteiger partial charge in [0.2, 0.25) is 10.0 Å². The van der Waals surface area contributed by atoms with Crippen LogP contribution in [0, 0.1) is 0 Å². The first-order chi connectivity index (χ1) is 5.90. The summed E-state index contributed by atoms with van der Waals surface area (Å²) in [5.41, 5.74) is -0.440. The van der Waals surface area contributed by atoms with E-state index in [1.54, 1.807) is 0 Å². The van der Waals surface area contributed by atoms with E-state index >= 15 is 0 Å². The van der Waals surface area contributed by atoms with Gasteiger partial charge in [0.1, 0.15) is 0 Å². The van der Waals surface area contributed by atoms with Crippen LogP contribution in [0.3, 0.4) is 0 Å². The van der Waals surface area contributed by atoms with Crippen molar-refractivity contribution in [3.05, 3.63) is 0 Å². The van der Waals surface area contributed by atoms with E-state index in [1.807, 2.05) is 13.8 Å². The second-order valence-corrected chi connectivity index (χ2v) is 6.04. The topological polar surface area (TPSA) is 57.6 Å². The Kier molecular flexibility index (Phi) is 2.99. The van der Waals surface area contributed by atoms with Crippen LogP contribution in [0.5, 0.6) is 0 Å². The standard InChI is InChI=1S/C8H17NO3S/c1-8(2,4-6-10)9-5-3-7-13(9,11)12/h10H,3-7H2,1-2H3. The molecule has 0 bridgehead atoms. The molecule has 1 saturated heterocycles. The highest BCUT2D eigenvalue weighted by molar-refractivity contribution is 7.89. The summed E-state index contributed by atoms with van der Waals surface area (Å²) < 4.78 is 24.6. The molecule has 0 aromatic rings. The maximum Gasteiger partial charge on any atom is 0.214 e. The molecule has 0 aliphatic carbocycles. The highest BCUT2D eigenvalue weighted by Crippen LogP contribution is 2.27. The third-order valence-corrected chi connectivity index (χ3v) is 4.65. The van der Waals surface area contributed by atoms with Crippen molar-refractivity contribution in [1.82, 2.24) is 4.31 Å². The van der Waals surface area contributed by atoms with Crippen LogP contribution in [-0.2, 0) is 10.0 Å². The van der Waals surface area contributed by atoms with Crippen LogP contribution in [0.4, 0.5) is 0 Å². The third-order valence-electron chi connectivity index (χ3n) is 2.50. The molecule has 1 rings (SSSR count). The van der Waals surface area contributed by atoms with Gasteiger partial charge in [0, 0.05) is 18.7 Å². The highest BCUT2D eigenvalue weighted by Gasteiger charge is 2.38. The number of hydrogen-bond donors (Lipinski definition) is 1. The fourth-order valence-corrected chi connectivity index (χ4v) is 3.68. The van der Waals surface area contributed by atoms with E-state index < -0.39 is 15.6 Å². The van der Waals surface area contributed by atoms with Gasteiger partial charge >= 0.3 is 0 Å². The van der Waals surface area contributed by atoms with Crippen molar-refractivity contribution in [2.45, 2.75) is 32.2 Å². The SMILES string of the molecule is CC(C)(CCO)N1CCCS1(=O)=O. The summed E-state index contributed by atoms with van der Waals surface area (Å²) in [6.07, 6.45) is 1.20. The number of rotatable bonds is 3. The summed E-state index contributed by atoms with van der Waals surface area (Å²) >= 11 is 0. The summed E-state index contributed by atoms with van der Waals surface area (Å²) in [5.74, 6) is 0.252. The van der Waals surface area contributed by atoms with Gasteiger partial charge in [0.25, 0.3) is 0 Å². The smallest absolute Gasteiger partial charge is 0.214 e. The lowest BCUT2D eigenvalue weighted by atomic mass is 10.0. The molecule has 1 heterocycles. The van der Waals surface area contributed by atoms with Gasteiger partial charge in [0.05, 0.1) is 5.75 Å². The van der Waals surface area contributed by atoms with Gasteiger partial charge in [-0.05, 0) is 26.7 Å². The monoisotopic (exact) mass is 207 g/mol. The zero-order valence-corrected chi connectivity index (χ0v) is 8.97. The molecule has 1 fully saturated rings. The summed E-state index contributed by atoms with van der Waals surface area (Å²) in [6, 6.07) is 0. The second-order valence-electron chi connectivity index (χ2n) is 4.03. The maximum atomic E-state index is 11.5. The predicted molar refractivity (Wildman–Crippen MR) is 50.9 cm³/mol. The molecular weight excluding hydrogens is 190 g/mol. The minimum atomic E-state index is -3.04. The molecule has 4 nitrogen and oxygen atoms in total. The van der Waals surface area contributed by atoms with Crippen LogP contribution >= 0.6 is 0 Å². The first-order valence-corrected chi connectivity index (χ1v) is 6.12. The zero-order chi connectivity index (χ0) is 10.1. The summed E-state index contributed by atoms with van der Waals surface area (Å²) in [7, 11) is -3.04. The van der Waals surface area contributed by atoms with Crippen molar-refractivity contribution in [3.8, 4) is 0 Å². The Morgan fingerprint density at radius 2 is 2.08 bits per heavy atom. The van der Waals surface area contributed by atoms with Crippen LogP contribution in [0.15, 0.2) is 0 Å². The van der Waals surface area contributed by atoms with Crippen molar-refractivity contribution in [2.24, 2.45) is 0 Å². The fraction of sp³-hybridized carbons (Fsp3) is 1.00. The van der Waals surface area contributed by atoms with Crippen molar-refractivity contribution >= 4 is 10.0 Å². The normalized spacial score (nSPS) is 23.6. The first kappa shape index (κ1) is 10.9. The molecule has 0 radical (unpaired) electrons. The number of sulfonamides is 1. The highest BCUT2D eigenvalue weighted by atomic mass is 32.2. The molecule has 5 heteroatoms. The van der Waals surface area contributed by atoms with E-state index in [0.717, 1.165) is 0 Å². The molecule has 0 unspecified atom stereocenters. The van der Waals surface area contributed by atoms with Gasteiger partial charge in [0.15, 0.2) is 0 Å². The number of hydrogen-bond acceptors (Lipinski definition) is 3. The molecule has 78 valence electrons. The van der Waals surface area contributed by atoms with E-state index in [1.165, 1.54) is 4.31 Å². The van der Waals surface area contributed by atoms with Crippen molar-refractivity contribution in [3.63, 3.8) is 0 Å². The van der Waals surface area contributed by atoms with Gasteiger partial charge < -0.3 is 5.11 Å². The molecule has 1 N–H and O–H groups in total. The average Bonchev–Trinajstić information content (AvgIpc) is 2.29. The van der Waals surface area contributed by atoms with Gasteiger partial charge in [-0.3, -0.25) is 0 Å². The first-order valence-electron chi connectivity index (χ1n) is 4.51. The molecule has 0 atom stereocenters. The quantitative estimate of drug-likeness (QED) is 0.718. The third kappa shape index (κ3) is 2.21. The lowest BCUT2D eigenvalue weighted by molar-refractivity contribution is 0.173. The van der Waals surface area contributed by atoms with Crippen molar-refractivity contribution in [2.75, 3.05) is 18.9 Å². The van der Waals surface area contributed by atoms with Crippen LogP contribution in [0.2, 0.25) is 0 Å². The van der Waals surface area contributed by atoms with Crippen LogP contribution < -0.4 is 0 Å². The van der Waals surface area contributed by atoms with Gasteiger partial charge in [-0.1, -0.05) is 0 Å². The second kappa shape index (κ2) is 3.55. The molecular formula is C8H17NO3S. The Balaban J connectivity index is 2.82. The number of aliphatic hydroxyl groups excluding tert-OH is 1. The van der Waals surface area contributed by atoms with Gasteiger partial charge in [-0.25, -0.2) is 8.42 Å². The molecule has 1 aliphatic heterocycles. The Hall–Kier alpha value is -0.130. The summed E-state index contributed by atoms with van der Waals surface area (Å²) in [5, 5.41) is 8.81. The Morgan fingerprint density at radius 3 is 2.46 bits per heavy atom. The molecule has 0 aromatic heterocycles. The van der Waals surface area contributed by atoms with E-state index in [4.69, 9.17) is 5.11 Å². The minimum absolute atomic E-state index is 0.0268. The van der Waals surface area contributed by atoms with Crippen LogP contribution in [-0.4, -0.2) is 42.3 Å². The summed E-state index contributed by atoms with van der Waals surface area (Å²) in [6.45, 7) is 4.33.